The zero-order valence-electron chi connectivity index (χ0n) is 19.0. The molecular formula is C27H26F2N2O4. The molecule has 8 heteroatoms. The average Bonchev–Trinajstić information content (AvgIpc) is 3.28. The second kappa shape index (κ2) is 11.1. The van der Waals surface area contributed by atoms with Crippen LogP contribution in [0, 0.1) is 11.6 Å². The van der Waals surface area contributed by atoms with Crippen LogP contribution in [0.25, 0.3) is 0 Å². The van der Waals surface area contributed by atoms with E-state index in [-0.39, 0.29) is 19.8 Å². The van der Waals surface area contributed by atoms with Crippen LogP contribution in [0.4, 0.5) is 8.78 Å². The normalized spacial score (nSPS) is 16.9. The van der Waals surface area contributed by atoms with Crippen molar-refractivity contribution in [3.05, 3.63) is 101 Å². The number of halogens is 2. The van der Waals surface area contributed by atoms with E-state index in [1.54, 1.807) is 24.3 Å². The van der Waals surface area contributed by atoms with E-state index in [9.17, 15) is 13.6 Å². The van der Waals surface area contributed by atoms with E-state index in [2.05, 4.69) is 5.32 Å². The van der Waals surface area contributed by atoms with Crippen LogP contribution in [-0.4, -0.2) is 42.3 Å². The van der Waals surface area contributed by atoms with E-state index < -0.39 is 23.1 Å². The lowest BCUT2D eigenvalue weighted by atomic mass is 9.91. The van der Waals surface area contributed by atoms with Crippen molar-refractivity contribution in [2.24, 2.45) is 4.99 Å². The summed E-state index contributed by atoms with van der Waals surface area (Å²) in [5.41, 5.74) is 0.666. The maximum absolute atomic E-state index is 13.6. The molecule has 0 saturated heterocycles. The van der Waals surface area contributed by atoms with Gasteiger partial charge >= 0.3 is 0 Å². The van der Waals surface area contributed by atoms with E-state index in [4.69, 9.17) is 19.6 Å². The summed E-state index contributed by atoms with van der Waals surface area (Å²) >= 11 is 0. The van der Waals surface area contributed by atoms with Gasteiger partial charge in [0.15, 0.2) is 5.54 Å². The Morgan fingerprint density at radius 3 is 2.43 bits per heavy atom. The molecule has 1 aliphatic rings. The Hall–Kier alpha value is -3.78. The molecule has 0 saturated carbocycles. The molecule has 3 aromatic carbocycles. The Labute approximate surface area is 202 Å². The maximum atomic E-state index is 13.6. The van der Waals surface area contributed by atoms with Crippen molar-refractivity contribution in [2.45, 2.75) is 24.9 Å². The van der Waals surface area contributed by atoms with Crippen LogP contribution < -0.4 is 10.1 Å². The fraction of sp³-hybridized carbons (Fsp3) is 0.259. The summed E-state index contributed by atoms with van der Waals surface area (Å²) in [6, 6.07) is 19.7. The van der Waals surface area contributed by atoms with Gasteiger partial charge in [-0.05, 0) is 47.5 Å². The van der Waals surface area contributed by atoms with Crippen molar-refractivity contribution < 1.29 is 28.2 Å². The highest BCUT2D eigenvalue weighted by atomic mass is 19.1. The van der Waals surface area contributed by atoms with Crippen LogP contribution >= 0.6 is 0 Å². The minimum absolute atomic E-state index is 0.0231. The number of hydrogen-bond acceptors (Lipinski definition) is 5. The SMILES string of the molecule is O=C(NCc1cc(F)cc(F)c1)[C@@]1(Cc2ccccc2)COC(c2ccc(OCCCO)cc2)=N1. The minimum Gasteiger partial charge on any atom is -0.494 e. The van der Waals surface area contributed by atoms with E-state index in [0.29, 0.717) is 42.2 Å². The summed E-state index contributed by atoms with van der Waals surface area (Å²) in [6.45, 7) is 0.440. The number of carbonyl (C=O) groups is 1. The maximum Gasteiger partial charge on any atom is 0.252 e. The summed E-state index contributed by atoms with van der Waals surface area (Å²) in [4.78, 5) is 18.1. The minimum atomic E-state index is -1.24. The molecule has 35 heavy (non-hydrogen) atoms. The molecule has 1 heterocycles. The van der Waals surface area contributed by atoms with Gasteiger partial charge in [-0.3, -0.25) is 4.79 Å². The van der Waals surface area contributed by atoms with Crippen molar-refractivity contribution in [2.75, 3.05) is 19.8 Å². The number of carbonyl (C=O) groups excluding carboxylic acids is 1. The van der Waals surface area contributed by atoms with Crippen LogP contribution in [0.15, 0.2) is 77.8 Å². The largest absolute Gasteiger partial charge is 0.494 e. The highest BCUT2D eigenvalue weighted by Crippen LogP contribution is 2.28. The van der Waals surface area contributed by atoms with Gasteiger partial charge in [0, 0.05) is 37.6 Å². The third-order valence-electron chi connectivity index (χ3n) is 5.57. The number of amides is 1. The molecule has 6 nitrogen and oxygen atoms in total. The smallest absolute Gasteiger partial charge is 0.252 e. The predicted molar refractivity (Wildman–Crippen MR) is 127 cm³/mol. The summed E-state index contributed by atoms with van der Waals surface area (Å²) in [6.07, 6.45) is 0.833. The summed E-state index contributed by atoms with van der Waals surface area (Å²) in [7, 11) is 0. The Balaban J connectivity index is 1.55. The van der Waals surface area contributed by atoms with Crippen LogP contribution in [0.2, 0.25) is 0 Å². The molecule has 1 amide bonds. The molecule has 0 spiro atoms. The second-order valence-electron chi connectivity index (χ2n) is 8.31. The monoisotopic (exact) mass is 480 g/mol. The fourth-order valence-corrected chi connectivity index (χ4v) is 3.82. The van der Waals surface area contributed by atoms with Gasteiger partial charge in [-0.2, -0.15) is 0 Å². The van der Waals surface area contributed by atoms with Crippen molar-refractivity contribution in [1.82, 2.24) is 5.32 Å². The van der Waals surface area contributed by atoms with Crippen molar-refractivity contribution in [1.29, 1.82) is 0 Å². The molecular weight excluding hydrogens is 454 g/mol. The number of aliphatic imine (C=N–C) groups is 1. The lowest BCUT2D eigenvalue weighted by molar-refractivity contribution is -0.126. The molecule has 0 unspecified atom stereocenters. The quantitative estimate of drug-likeness (QED) is 0.433. The average molecular weight is 481 g/mol. The van der Waals surface area contributed by atoms with Crippen molar-refractivity contribution in [3.63, 3.8) is 0 Å². The zero-order chi connectivity index (χ0) is 24.7. The molecule has 0 bridgehead atoms. The number of nitrogens with zero attached hydrogens (tertiary/aromatic N) is 1. The lowest BCUT2D eigenvalue weighted by Gasteiger charge is -2.23. The lowest BCUT2D eigenvalue weighted by Crippen LogP contribution is -2.48. The number of ether oxygens (including phenoxy) is 2. The Morgan fingerprint density at radius 2 is 1.74 bits per heavy atom. The van der Waals surface area contributed by atoms with Gasteiger partial charge in [-0.25, -0.2) is 13.8 Å². The third-order valence-corrected chi connectivity index (χ3v) is 5.57. The summed E-state index contributed by atoms with van der Waals surface area (Å²) < 4.78 is 38.5. The van der Waals surface area contributed by atoms with E-state index in [1.807, 2.05) is 30.3 Å². The number of rotatable bonds is 10. The molecule has 182 valence electrons. The van der Waals surface area contributed by atoms with Gasteiger partial charge in [0.05, 0.1) is 6.61 Å². The zero-order valence-corrected chi connectivity index (χ0v) is 19.0. The number of aliphatic hydroxyl groups is 1. The molecule has 2 N–H and O–H groups in total. The van der Waals surface area contributed by atoms with Crippen molar-refractivity contribution in [3.8, 4) is 5.75 Å². The van der Waals surface area contributed by atoms with Crippen LogP contribution in [0.3, 0.4) is 0 Å². The van der Waals surface area contributed by atoms with Gasteiger partial charge in [0.2, 0.25) is 5.90 Å². The Kier molecular flexibility index (Phi) is 7.72. The first-order valence-corrected chi connectivity index (χ1v) is 11.3. The van der Waals surface area contributed by atoms with Gasteiger partial charge in [0.25, 0.3) is 5.91 Å². The highest BCUT2D eigenvalue weighted by molar-refractivity contribution is 6.00. The van der Waals surface area contributed by atoms with Gasteiger partial charge in [0.1, 0.15) is 24.0 Å². The van der Waals surface area contributed by atoms with Crippen LogP contribution in [-0.2, 0) is 22.5 Å². The van der Waals surface area contributed by atoms with E-state index in [0.717, 1.165) is 11.6 Å². The third kappa shape index (κ3) is 6.22. The number of benzene rings is 3. The molecule has 0 aromatic heterocycles. The number of hydrogen-bond donors (Lipinski definition) is 2. The van der Waals surface area contributed by atoms with Gasteiger partial charge < -0.3 is 19.9 Å². The molecule has 0 fully saturated rings. The van der Waals surface area contributed by atoms with Crippen LogP contribution in [0.5, 0.6) is 5.75 Å². The molecule has 1 atom stereocenters. The number of aliphatic hydroxyl groups excluding tert-OH is 1. The molecule has 0 aliphatic carbocycles. The van der Waals surface area contributed by atoms with Crippen molar-refractivity contribution >= 4 is 11.8 Å². The molecule has 1 aliphatic heterocycles. The standard InChI is InChI=1S/C27H26F2N2O4/c28-22-13-20(14-23(29)15-22)17-30-26(33)27(16-19-5-2-1-3-6-19)18-35-25(31-27)21-7-9-24(10-8-21)34-12-4-11-32/h1-3,5-10,13-15,32H,4,11-12,16-18H2,(H,30,33)/t27-/m1/s1. The second-order valence-corrected chi connectivity index (χ2v) is 8.31. The Morgan fingerprint density at radius 1 is 1.03 bits per heavy atom. The van der Waals surface area contributed by atoms with E-state index in [1.165, 1.54) is 12.1 Å². The summed E-state index contributed by atoms with van der Waals surface area (Å²) in [5, 5.41) is 11.6. The molecule has 0 radical (unpaired) electrons. The summed E-state index contributed by atoms with van der Waals surface area (Å²) in [5.74, 6) is -0.834. The first-order valence-electron chi connectivity index (χ1n) is 11.3. The Bertz CT molecular complexity index is 1170. The van der Waals surface area contributed by atoms with E-state index >= 15 is 0 Å². The fourth-order valence-electron chi connectivity index (χ4n) is 3.82. The van der Waals surface area contributed by atoms with Gasteiger partial charge in [-0.1, -0.05) is 30.3 Å². The first-order chi connectivity index (χ1) is 17.0. The highest BCUT2D eigenvalue weighted by Gasteiger charge is 2.44. The van der Waals surface area contributed by atoms with Gasteiger partial charge in [-0.15, -0.1) is 0 Å². The number of nitrogens with one attached hydrogen (secondary N) is 1. The first kappa shape index (κ1) is 24.3. The topological polar surface area (TPSA) is 80.2 Å². The molecule has 4 rings (SSSR count). The molecule has 3 aromatic rings. The predicted octanol–water partition coefficient (Wildman–Crippen LogP) is 3.80. The van der Waals surface area contributed by atoms with Crippen LogP contribution in [0.1, 0.15) is 23.1 Å².